The zero-order valence-corrected chi connectivity index (χ0v) is 7.49. The largest absolute Gasteiger partial charge is 0.395 e. The number of hydrogen-bond donors (Lipinski definition) is 2. The Morgan fingerprint density at radius 1 is 1.50 bits per heavy atom. The molecule has 0 radical (unpaired) electrons. The van der Waals surface area contributed by atoms with Crippen LogP contribution in [-0.4, -0.2) is 26.4 Å². The van der Waals surface area contributed by atoms with E-state index in [2.05, 4.69) is 0 Å². The molecular weight excluding hydrogens is 150 g/mol. The Bertz CT molecular complexity index is 188. The molecule has 4 heteroatoms. The van der Waals surface area contributed by atoms with Crippen molar-refractivity contribution in [2.24, 2.45) is 0 Å². The maximum Gasteiger partial charge on any atom is 0.0555 e. The smallest absolute Gasteiger partial charge is 0.0555 e. The Morgan fingerprint density at radius 3 is 2.00 bits per heavy atom. The molecule has 0 rings (SSSR count). The molecule has 3 nitrogen and oxygen atoms in total. The van der Waals surface area contributed by atoms with Gasteiger partial charge in [-0.05, 0) is 20.8 Å². The molecule has 10 heavy (non-hydrogen) atoms. The first-order chi connectivity index (χ1) is 4.31. The van der Waals surface area contributed by atoms with Gasteiger partial charge in [-0.25, -0.2) is 4.21 Å². The fourth-order valence-electron chi connectivity index (χ4n) is 0.435. The van der Waals surface area contributed by atoms with E-state index in [9.17, 15) is 4.21 Å². The Balaban J connectivity index is 4.44. The van der Waals surface area contributed by atoms with Gasteiger partial charge in [0.25, 0.3) is 0 Å². The monoisotopic (exact) mass is 165 g/mol. The Hall–Kier alpha value is -0.0900. The SMILES string of the molecule is CC(C)(C)S(=N)(=O)CCO. The number of hydrogen-bond acceptors (Lipinski definition) is 3. The highest BCUT2D eigenvalue weighted by atomic mass is 32.2. The minimum Gasteiger partial charge on any atom is -0.395 e. The highest BCUT2D eigenvalue weighted by Gasteiger charge is 2.23. The van der Waals surface area contributed by atoms with Gasteiger partial charge in [-0.15, -0.1) is 0 Å². The van der Waals surface area contributed by atoms with E-state index < -0.39 is 14.5 Å². The van der Waals surface area contributed by atoms with E-state index in [-0.39, 0.29) is 12.4 Å². The molecule has 62 valence electrons. The van der Waals surface area contributed by atoms with E-state index in [1.54, 1.807) is 20.8 Å². The Morgan fingerprint density at radius 2 is 1.90 bits per heavy atom. The zero-order chi connectivity index (χ0) is 8.41. The third-order valence-electron chi connectivity index (χ3n) is 1.37. The van der Waals surface area contributed by atoms with E-state index in [0.29, 0.717) is 0 Å². The molecule has 0 aromatic rings. The maximum atomic E-state index is 11.3. The molecule has 0 aromatic heterocycles. The molecule has 0 amide bonds. The molecular formula is C6H15NO2S. The first kappa shape index (κ1) is 9.91. The minimum absolute atomic E-state index is 0.0799. The van der Waals surface area contributed by atoms with Crippen LogP contribution in [0.5, 0.6) is 0 Å². The molecule has 0 heterocycles. The molecule has 1 unspecified atom stereocenters. The van der Waals surface area contributed by atoms with Crippen LogP contribution in [0.4, 0.5) is 0 Å². The molecule has 0 fully saturated rings. The van der Waals surface area contributed by atoms with Crippen LogP contribution in [0, 0.1) is 4.78 Å². The topological polar surface area (TPSA) is 61.2 Å². The van der Waals surface area contributed by atoms with Crippen molar-refractivity contribution in [3.63, 3.8) is 0 Å². The molecule has 0 saturated carbocycles. The summed E-state index contributed by atoms with van der Waals surface area (Å²) < 4.78 is 18.1. The van der Waals surface area contributed by atoms with Crippen molar-refractivity contribution >= 4 is 9.73 Å². The van der Waals surface area contributed by atoms with Crippen molar-refractivity contribution in [1.82, 2.24) is 0 Å². The second kappa shape index (κ2) is 2.88. The van der Waals surface area contributed by atoms with E-state index >= 15 is 0 Å². The summed E-state index contributed by atoms with van der Waals surface area (Å²) in [4.78, 5) is 0. The highest BCUT2D eigenvalue weighted by molar-refractivity contribution is 7.93. The van der Waals surface area contributed by atoms with Crippen molar-refractivity contribution in [1.29, 1.82) is 4.78 Å². The molecule has 0 bridgehead atoms. The van der Waals surface area contributed by atoms with Crippen molar-refractivity contribution in [3.8, 4) is 0 Å². The van der Waals surface area contributed by atoms with Crippen LogP contribution in [-0.2, 0) is 9.73 Å². The number of nitrogens with one attached hydrogen (secondary N) is 1. The second-order valence-electron chi connectivity index (χ2n) is 3.22. The normalized spacial score (nSPS) is 18.4. The van der Waals surface area contributed by atoms with Gasteiger partial charge in [-0.2, -0.15) is 0 Å². The third kappa shape index (κ3) is 2.27. The van der Waals surface area contributed by atoms with Crippen LogP contribution in [0.25, 0.3) is 0 Å². The van der Waals surface area contributed by atoms with Crippen LogP contribution in [0.15, 0.2) is 0 Å². The minimum atomic E-state index is -2.60. The summed E-state index contributed by atoms with van der Waals surface area (Å²) in [6.45, 7) is 5.08. The first-order valence-electron chi connectivity index (χ1n) is 3.18. The summed E-state index contributed by atoms with van der Waals surface area (Å²) in [7, 11) is -2.60. The molecule has 2 N–H and O–H groups in total. The van der Waals surface area contributed by atoms with E-state index in [1.807, 2.05) is 0 Å². The lowest BCUT2D eigenvalue weighted by atomic mass is 10.3. The highest BCUT2D eigenvalue weighted by Crippen LogP contribution is 2.15. The van der Waals surface area contributed by atoms with E-state index in [1.165, 1.54) is 0 Å². The lowest BCUT2D eigenvalue weighted by Crippen LogP contribution is -2.30. The first-order valence-corrected chi connectivity index (χ1v) is 4.91. The van der Waals surface area contributed by atoms with Gasteiger partial charge >= 0.3 is 0 Å². The van der Waals surface area contributed by atoms with Crippen LogP contribution in [0.2, 0.25) is 0 Å². The van der Waals surface area contributed by atoms with Crippen LogP contribution >= 0.6 is 0 Å². The Kier molecular flexibility index (Phi) is 2.86. The predicted molar refractivity (Wildman–Crippen MR) is 42.6 cm³/mol. The van der Waals surface area contributed by atoms with E-state index in [4.69, 9.17) is 9.89 Å². The summed E-state index contributed by atoms with van der Waals surface area (Å²) in [5.74, 6) is 0.0799. The molecule has 0 aliphatic rings. The van der Waals surface area contributed by atoms with Gasteiger partial charge in [-0.1, -0.05) is 0 Å². The number of rotatable bonds is 2. The molecule has 0 saturated heterocycles. The number of aliphatic hydroxyl groups is 1. The predicted octanol–water partition coefficient (Wildman–Crippen LogP) is 0.824. The summed E-state index contributed by atoms with van der Waals surface area (Å²) in [6, 6.07) is 0. The van der Waals surface area contributed by atoms with Crippen molar-refractivity contribution in [3.05, 3.63) is 0 Å². The maximum absolute atomic E-state index is 11.3. The van der Waals surface area contributed by atoms with Gasteiger partial charge in [0.15, 0.2) is 0 Å². The lowest BCUT2D eigenvalue weighted by molar-refractivity contribution is 0.320. The second-order valence-corrected chi connectivity index (χ2v) is 6.20. The summed E-state index contributed by atoms with van der Waals surface area (Å²) in [6.07, 6.45) is 0. The summed E-state index contributed by atoms with van der Waals surface area (Å²) in [5.41, 5.74) is 0. The average molecular weight is 165 g/mol. The lowest BCUT2D eigenvalue weighted by Gasteiger charge is -2.21. The average Bonchev–Trinajstić information content (AvgIpc) is 1.61. The fourth-order valence-corrected chi connectivity index (χ4v) is 1.30. The van der Waals surface area contributed by atoms with Gasteiger partial charge in [0.1, 0.15) is 0 Å². The van der Waals surface area contributed by atoms with Gasteiger partial charge in [0.2, 0.25) is 0 Å². The van der Waals surface area contributed by atoms with Crippen LogP contribution in [0.1, 0.15) is 20.8 Å². The molecule has 0 aromatic carbocycles. The summed E-state index contributed by atoms with van der Waals surface area (Å²) in [5, 5.41) is 8.47. The third-order valence-corrected chi connectivity index (χ3v) is 4.10. The quantitative estimate of drug-likeness (QED) is 0.636. The zero-order valence-electron chi connectivity index (χ0n) is 6.68. The molecule has 0 aliphatic carbocycles. The van der Waals surface area contributed by atoms with Gasteiger partial charge in [0, 0.05) is 4.75 Å². The van der Waals surface area contributed by atoms with E-state index in [0.717, 1.165) is 0 Å². The van der Waals surface area contributed by atoms with Crippen LogP contribution < -0.4 is 0 Å². The van der Waals surface area contributed by atoms with Crippen molar-refractivity contribution < 1.29 is 9.32 Å². The van der Waals surface area contributed by atoms with Crippen LogP contribution in [0.3, 0.4) is 0 Å². The molecule has 1 atom stereocenters. The Labute approximate surface area is 62.4 Å². The van der Waals surface area contributed by atoms with Crippen molar-refractivity contribution in [2.75, 3.05) is 12.4 Å². The molecule has 0 spiro atoms. The fraction of sp³-hybridized carbons (Fsp3) is 1.00. The standard InChI is InChI=1S/C6H15NO2S/c1-6(2,3)10(7,9)5-4-8/h7-8H,4-5H2,1-3H3. The van der Waals surface area contributed by atoms with Gasteiger partial charge in [0.05, 0.1) is 22.1 Å². The molecule has 0 aliphatic heterocycles. The van der Waals surface area contributed by atoms with Gasteiger partial charge in [-0.3, -0.25) is 4.78 Å². The summed E-state index contributed by atoms with van der Waals surface area (Å²) >= 11 is 0. The number of aliphatic hydroxyl groups excluding tert-OH is 1. The van der Waals surface area contributed by atoms with Crippen molar-refractivity contribution in [2.45, 2.75) is 25.5 Å². The van der Waals surface area contributed by atoms with Gasteiger partial charge < -0.3 is 5.11 Å².